The van der Waals surface area contributed by atoms with Crippen molar-refractivity contribution < 1.29 is 149 Å². The van der Waals surface area contributed by atoms with Crippen LogP contribution in [0.3, 0.4) is 0 Å². The van der Waals surface area contributed by atoms with Crippen molar-refractivity contribution in [2.24, 2.45) is 0 Å². The lowest BCUT2D eigenvalue weighted by Gasteiger charge is -2.46. The summed E-state index contributed by atoms with van der Waals surface area (Å²) < 4.78 is 92.9. The lowest BCUT2D eigenvalue weighted by molar-refractivity contribution is -0.145. The number of ether oxygens (including phenoxy) is 7. The van der Waals surface area contributed by atoms with Crippen LogP contribution in [0, 0.1) is 23.3 Å². The molecule has 5 fully saturated rings. The zero-order chi connectivity index (χ0) is 105. The number of carboxylic acid groups (broad SMARTS) is 2. The monoisotopic (exact) mass is 2080 g/mol. The maximum absolute atomic E-state index is 14.0. The molecule has 4 saturated heterocycles. The van der Waals surface area contributed by atoms with Crippen molar-refractivity contribution in [2.45, 2.75) is 181 Å². The summed E-state index contributed by atoms with van der Waals surface area (Å²) in [6.45, 7) is 3.11. The number of carbonyl (C=O) groups excluding carboxylic acids is 10. The Bertz CT molecular complexity index is 4730. The van der Waals surface area contributed by atoms with Crippen LogP contribution in [0.4, 0.5) is 44.2 Å². The highest BCUT2D eigenvalue weighted by molar-refractivity contribution is 8.00. The molecule has 9 atom stereocenters. The number of urea groups is 2. The number of anilines is 3. The molecule has 11 amide bonds. The van der Waals surface area contributed by atoms with Crippen LogP contribution in [-0.2, 0) is 63.6 Å². The molecule has 4 aliphatic heterocycles. The van der Waals surface area contributed by atoms with E-state index in [9.17, 15) is 116 Å². The molecule has 0 aromatic heterocycles. The highest BCUT2D eigenvalue weighted by atomic mass is 32.2. The van der Waals surface area contributed by atoms with Gasteiger partial charge >= 0.3 is 30.0 Å². The van der Waals surface area contributed by atoms with E-state index in [-0.39, 0.29) is 126 Å². The molecule has 802 valence electrons. The smallest absolute Gasteiger partial charge is 0.343 e. The Hall–Kier alpha value is -10.5. The standard InChI is InChI=1S/C57H90N10O18S.C38H50F4N6O9S/c1-58-41-27-38(55(80)60-18-8-20-84-22-24-85-23-21-83-19-7-17-59-47(68)30-64(2)48(69)12-6-5-11-46-54-43(36-86-46)62-57(82)63-54)26-39(28-41)56(81)61-40-15-13-37(14-16-40)25-42(65(31-49(70)71)32-50(72)73)29-66(33-51(74)75)44-9-3-4-10-45(44)67(34-52(76)77)35-53(78)79;1-43-25-18-23(17-24(19-25)37(52)57-35-32(41)26(39)20-27(40)33(35)42)36(51)45-10-6-12-55-14-16-56-15-13-54-11-5-9-44-30(49)21-48(2)31(50)8-4-3-7-29-34-28(22-58-29)46-38(53)47-34/h13-16,26-28,42-46,49-50,52,54,58,70-73,76-77H,3-12,17-25,29-36H2,1-2H3,(H,59,68)(H,60,80)(H,61,81)(H,74,75)(H,78,79)(H2,62,63,82);17-20,28-29,34,43H,3-16,21-22H2,1-2H3,(H,44,49)(H,45,51)(H2,46,47,53). The number of thioether (sulfide) groups is 2. The van der Waals surface area contributed by atoms with Crippen molar-refractivity contribution in [3.8, 4) is 5.75 Å². The van der Waals surface area contributed by atoms with Gasteiger partial charge in [0.15, 0.2) is 30.5 Å². The van der Waals surface area contributed by atoms with E-state index in [0.29, 0.717) is 191 Å². The fourth-order valence-corrected chi connectivity index (χ4v) is 20.1. The molecule has 4 aromatic rings. The molecule has 144 heavy (non-hydrogen) atoms. The van der Waals surface area contributed by atoms with Gasteiger partial charge in [0, 0.05) is 193 Å². The van der Waals surface area contributed by atoms with Crippen molar-refractivity contribution in [1.29, 1.82) is 0 Å². The number of hydrogen-bond donors (Lipinski definition) is 19. The summed E-state index contributed by atoms with van der Waals surface area (Å²) in [5.41, 5.74) is 1.95. The lowest BCUT2D eigenvalue weighted by atomic mass is 9.87. The van der Waals surface area contributed by atoms with Crippen LogP contribution in [0.25, 0.3) is 0 Å². The second kappa shape index (κ2) is 63.8. The van der Waals surface area contributed by atoms with Gasteiger partial charge in [0.05, 0.1) is 115 Å². The Labute approximate surface area is 841 Å². The summed E-state index contributed by atoms with van der Waals surface area (Å²) in [5.74, 6) is -12.9. The maximum Gasteiger partial charge on any atom is 0.343 e. The first-order chi connectivity index (χ1) is 69.1. The van der Waals surface area contributed by atoms with E-state index in [1.54, 1.807) is 62.4 Å². The second-order valence-corrected chi connectivity index (χ2v) is 37.8. The predicted molar refractivity (Wildman–Crippen MR) is 523 cm³/mol. The number of benzene rings is 4. The second-order valence-electron chi connectivity index (χ2n) is 35.3. The molecule has 0 radical (unpaired) electrons. The van der Waals surface area contributed by atoms with Gasteiger partial charge in [-0.25, -0.2) is 23.2 Å². The zero-order valence-electron chi connectivity index (χ0n) is 81.6. The fraction of sp³-hybridized carbons (Fsp3) is 0.621. The molecule has 43 nitrogen and oxygen atoms in total. The number of hydrogen-bond acceptors (Lipinski definition) is 32. The SMILES string of the molecule is CNc1cc(C(=O)NCCCOCCOCCOCCCNC(=O)CN(C)C(=O)CCCCC2SCC3NC(=O)NC32)cc(C(=O)Nc2ccc(CC(CN(CC(=O)O)C3CCCCC3N(CC(=O)O)CC(O)O)N(CC(O)O)CC(O)O)cc2)c1.CNc1cc(C(=O)NCCCOCCOCCOCCCNC(=O)CN(C)C(=O)CCCCC2SCC3NC(=O)NC32)cc(C(=O)Oc2c(F)c(F)cc(F)c2F)c1. The van der Waals surface area contributed by atoms with Crippen molar-refractivity contribution in [1.82, 2.24) is 67.0 Å². The molecule has 0 spiro atoms. The number of aliphatic hydroxyl groups excluding tert-OH is 3. The molecule has 5 aliphatic rings. The van der Waals surface area contributed by atoms with Crippen LogP contribution in [-0.4, -0.2) is 406 Å². The summed E-state index contributed by atoms with van der Waals surface area (Å²) in [5, 5.41) is 112. The highest BCUT2D eigenvalue weighted by Crippen LogP contribution is 2.36. The summed E-state index contributed by atoms with van der Waals surface area (Å²) in [6, 6.07) is 13.5. The number of nitrogens with one attached hydrogen (secondary N) is 11. The Morgan fingerprint density at radius 1 is 0.444 bits per heavy atom. The van der Waals surface area contributed by atoms with Crippen molar-refractivity contribution >= 4 is 112 Å². The summed E-state index contributed by atoms with van der Waals surface area (Å²) in [7, 11) is 6.40. The van der Waals surface area contributed by atoms with Crippen LogP contribution in [0.5, 0.6) is 5.75 Å². The molecule has 9 unspecified atom stereocenters. The van der Waals surface area contributed by atoms with E-state index in [1.807, 2.05) is 23.5 Å². The Morgan fingerprint density at radius 3 is 1.23 bits per heavy atom. The first kappa shape index (κ1) is 119. The first-order valence-corrected chi connectivity index (χ1v) is 50.4. The van der Waals surface area contributed by atoms with Crippen LogP contribution < -0.4 is 63.2 Å². The van der Waals surface area contributed by atoms with Crippen LogP contribution >= 0.6 is 23.5 Å². The number of nitrogens with zero attached hydrogens (tertiary/aromatic N) is 5. The van der Waals surface area contributed by atoms with Crippen molar-refractivity contribution in [3.05, 3.63) is 118 Å². The minimum atomic E-state index is -1.92. The van der Waals surface area contributed by atoms with Gasteiger partial charge in [0.2, 0.25) is 41.0 Å². The summed E-state index contributed by atoms with van der Waals surface area (Å²) in [6.07, 6.45) is 4.57. The molecule has 4 heterocycles. The molecule has 19 N–H and O–H groups in total. The van der Waals surface area contributed by atoms with E-state index >= 15 is 0 Å². The minimum absolute atomic E-state index is 0.0128. The number of rotatable bonds is 67. The van der Waals surface area contributed by atoms with Gasteiger partial charge in [0.1, 0.15) is 0 Å². The van der Waals surface area contributed by atoms with Crippen LogP contribution in [0.1, 0.15) is 150 Å². The Morgan fingerprint density at radius 2 is 0.826 bits per heavy atom. The van der Waals surface area contributed by atoms with Crippen LogP contribution in [0.15, 0.2) is 66.7 Å². The molecule has 4 aromatic carbocycles. The average molecular weight is 2080 g/mol. The third-order valence-corrected chi connectivity index (χ3v) is 27.2. The maximum atomic E-state index is 14.0. The number of esters is 1. The Kier molecular flexibility index (Phi) is 52.7. The number of halogens is 4. The minimum Gasteiger partial charge on any atom is -0.480 e. The summed E-state index contributed by atoms with van der Waals surface area (Å²) in [4.78, 5) is 157. The first-order valence-electron chi connectivity index (χ1n) is 48.3. The van der Waals surface area contributed by atoms with Crippen molar-refractivity contribution in [2.75, 3.05) is 213 Å². The van der Waals surface area contributed by atoms with E-state index in [2.05, 4.69) is 63.2 Å². The number of carbonyl (C=O) groups is 12. The molecular formula is C95H140F4N16O27S2. The van der Waals surface area contributed by atoms with E-state index in [4.69, 9.17) is 28.4 Å². The fourth-order valence-electron chi connectivity index (χ4n) is 17.0. The predicted octanol–water partition coefficient (Wildman–Crippen LogP) is 2.43. The topological polar surface area (TPSA) is 580 Å². The van der Waals surface area contributed by atoms with E-state index < -0.39 is 134 Å². The zero-order valence-corrected chi connectivity index (χ0v) is 83.2. The molecular weight excluding hydrogens is 1940 g/mol. The largest absolute Gasteiger partial charge is 0.480 e. The number of aliphatic hydroxyl groups is 6. The molecule has 0 bridgehead atoms. The van der Waals surface area contributed by atoms with Gasteiger partial charge in [-0.1, -0.05) is 37.8 Å². The average Bonchev–Trinajstić information content (AvgIpc) is 1.55. The summed E-state index contributed by atoms with van der Waals surface area (Å²) >= 11 is 3.70. The van der Waals surface area contributed by atoms with E-state index in [0.717, 1.165) is 56.1 Å². The highest BCUT2D eigenvalue weighted by Gasteiger charge is 2.45. The number of carboxylic acids is 2. The number of fused-ring (bicyclic) bond motifs is 2. The van der Waals surface area contributed by atoms with E-state index in [1.165, 1.54) is 44.8 Å². The number of aliphatic carboxylic acids is 2. The van der Waals surface area contributed by atoms with Gasteiger partial charge in [-0.15, -0.1) is 0 Å². The van der Waals surface area contributed by atoms with Gasteiger partial charge < -0.3 is 142 Å². The normalized spacial score (nSPS) is 18.0. The quantitative estimate of drug-likeness (QED) is 0.00574. The number of likely N-dealkylation sites (N-methyl/N-ethyl adjacent to an activating group) is 2. The van der Waals surface area contributed by atoms with Gasteiger partial charge in [-0.3, -0.25) is 57.9 Å². The van der Waals surface area contributed by atoms with Crippen molar-refractivity contribution in [3.63, 3.8) is 0 Å². The van der Waals surface area contributed by atoms with Gasteiger partial charge in [-0.05, 0) is 125 Å². The van der Waals surface area contributed by atoms with Gasteiger partial charge in [-0.2, -0.15) is 32.3 Å². The lowest BCUT2D eigenvalue weighted by Crippen LogP contribution is -2.60. The molecule has 1 aliphatic carbocycles. The molecule has 1 saturated carbocycles. The Balaban J connectivity index is 0.000000379. The number of amides is 11. The number of unbranched alkanes of at least 4 members (excludes halogenated alkanes) is 2. The van der Waals surface area contributed by atoms with Gasteiger partial charge in [0.25, 0.3) is 17.7 Å². The van der Waals surface area contributed by atoms with Crippen LogP contribution in [0.2, 0.25) is 0 Å². The third kappa shape index (κ3) is 42.2. The molecule has 9 rings (SSSR count). The molecule has 49 heteroatoms. The third-order valence-electron chi connectivity index (χ3n) is 24.2.